The van der Waals surface area contributed by atoms with Crippen molar-refractivity contribution in [2.24, 2.45) is 0 Å². The van der Waals surface area contributed by atoms with Gasteiger partial charge in [-0.15, -0.1) is 11.3 Å². The molecule has 1 unspecified atom stereocenters. The van der Waals surface area contributed by atoms with Crippen molar-refractivity contribution in [2.45, 2.75) is 19.4 Å². The number of hydrogen-bond acceptors (Lipinski definition) is 3. The van der Waals surface area contributed by atoms with Gasteiger partial charge in [0.25, 0.3) is 0 Å². The highest BCUT2D eigenvalue weighted by atomic mass is 79.9. The summed E-state index contributed by atoms with van der Waals surface area (Å²) in [5, 5.41) is 11.2. The number of aromatic carboxylic acids is 1. The van der Waals surface area contributed by atoms with E-state index in [0.29, 0.717) is 11.6 Å². The molecule has 0 spiro atoms. The summed E-state index contributed by atoms with van der Waals surface area (Å²) in [6.45, 7) is 2.14. The van der Waals surface area contributed by atoms with Gasteiger partial charge in [-0.25, -0.2) is 4.79 Å². The van der Waals surface area contributed by atoms with Crippen LogP contribution < -0.4 is 4.90 Å². The second-order valence-corrected chi connectivity index (χ2v) is 6.69. The number of benzene rings is 1. The Kier molecular flexibility index (Phi) is 4.83. The van der Waals surface area contributed by atoms with Crippen LogP contribution in [0.25, 0.3) is 0 Å². The van der Waals surface area contributed by atoms with E-state index >= 15 is 0 Å². The van der Waals surface area contributed by atoms with E-state index < -0.39 is 5.97 Å². The van der Waals surface area contributed by atoms with E-state index in [-0.39, 0.29) is 0 Å². The number of carboxylic acid groups (broad SMARTS) is 1. The second-order valence-electron chi connectivity index (χ2n) is 4.75. The van der Waals surface area contributed by atoms with Crippen LogP contribution in [0, 0.1) is 0 Å². The van der Waals surface area contributed by atoms with Crippen LogP contribution in [0.1, 0.15) is 22.2 Å². The van der Waals surface area contributed by atoms with E-state index in [1.165, 1.54) is 4.88 Å². The fourth-order valence-corrected chi connectivity index (χ4v) is 3.32. The molecule has 0 saturated carbocycles. The van der Waals surface area contributed by atoms with Crippen molar-refractivity contribution in [3.63, 3.8) is 0 Å². The Hall–Kier alpha value is -1.33. The summed E-state index contributed by atoms with van der Waals surface area (Å²) < 4.78 is 0.780. The molecule has 1 heterocycles. The molecular formula is C15H16BrNO2S. The van der Waals surface area contributed by atoms with Crippen LogP contribution in [0.5, 0.6) is 0 Å². The largest absolute Gasteiger partial charge is 0.478 e. The minimum Gasteiger partial charge on any atom is -0.478 e. The van der Waals surface area contributed by atoms with E-state index in [1.54, 1.807) is 23.5 Å². The highest BCUT2D eigenvalue weighted by Gasteiger charge is 2.14. The number of carbonyl (C=O) groups is 1. The van der Waals surface area contributed by atoms with Gasteiger partial charge < -0.3 is 10.0 Å². The molecule has 3 nitrogen and oxygen atoms in total. The van der Waals surface area contributed by atoms with Gasteiger partial charge in [0.2, 0.25) is 0 Å². The van der Waals surface area contributed by atoms with Crippen molar-refractivity contribution in [1.29, 1.82) is 0 Å². The molecule has 0 radical (unpaired) electrons. The van der Waals surface area contributed by atoms with Gasteiger partial charge in [0, 0.05) is 34.5 Å². The van der Waals surface area contributed by atoms with E-state index in [9.17, 15) is 4.79 Å². The Morgan fingerprint density at radius 1 is 1.45 bits per heavy atom. The molecular weight excluding hydrogens is 338 g/mol. The highest BCUT2D eigenvalue weighted by Crippen LogP contribution is 2.25. The molecule has 1 aromatic heterocycles. The Labute approximate surface area is 131 Å². The van der Waals surface area contributed by atoms with Gasteiger partial charge >= 0.3 is 5.97 Å². The molecule has 1 N–H and O–H groups in total. The molecule has 5 heteroatoms. The maximum Gasteiger partial charge on any atom is 0.335 e. The van der Waals surface area contributed by atoms with E-state index in [1.807, 2.05) is 19.2 Å². The SMILES string of the molecule is CC(Cc1cccs1)N(C)c1cc(Br)cc(C(=O)O)c1. The summed E-state index contributed by atoms with van der Waals surface area (Å²) in [7, 11) is 1.99. The normalized spacial score (nSPS) is 12.2. The minimum atomic E-state index is -0.910. The lowest BCUT2D eigenvalue weighted by Gasteiger charge is -2.27. The van der Waals surface area contributed by atoms with Crippen LogP contribution in [-0.4, -0.2) is 24.2 Å². The van der Waals surface area contributed by atoms with Crippen LogP contribution >= 0.6 is 27.3 Å². The Bertz CT molecular complexity index is 598. The number of rotatable bonds is 5. The van der Waals surface area contributed by atoms with Gasteiger partial charge in [0.1, 0.15) is 0 Å². The molecule has 2 aromatic rings. The van der Waals surface area contributed by atoms with Crippen LogP contribution in [0.3, 0.4) is 0 Å². The Balaban J connectivity index is 2.19. The second kappa shape index (κ2) is 6.41. The molecule has 20 heavy (non-hydrogen) atoms. The molecule has 2 rings (SSSR count). The van der Waals surface area contributed by atoms with Gasteiger partial charge in [0.15, 0.2) is 0 Å². The average Bonchev–Trinajstić information content (AvgIpc) is 2.89. The minimum absolute atomic E-state index is 0.296. The zero-order valence-corrected chi connectivity index (χ0v) is 13.7. The Morgan fingerprint density at radius 3 is 2.80 bits per heavy atom. The van der Waals surface area contributed by atoms with Gasteiger partial charge in [0.05, 0.1) is 5.56 Å². The lowest BCUT2D eigenvalue weighted by molar-refractivity contribution is 0.0697. The third-order valence-corrected chi connectivity index (χ3v) is 4.63. The molecule has 1 atom stereocenters. The van der Waals surface area contributed by atoms with Gasteiger partial charge in [-0.05, 0) is 36.6 Å². The first-order valence-corrected chi connectivity index (χ1v) is 7.93. The number of nitrogens with zero attached hydrogens (tertiary/aromatic N) is 1. The smallest absolute Gasteiger partial charge is 0.335 e. The van der Waals surface area contributed by atoms with Crippen molar-refractivity contribution >= 4 is 38.9 Å². The number of thiophene rings is 1. The van der Waals surface area contributed by atoms with Crippen LogP contribution in [0.15, 0.2) is 40.2 Å². The molecule has 0 amide bonds. The quantitative estimate of drug-likeness (QED) is 0.872. The summed E-state index contributed by atoms with van der Waals surface area (Å²) in [4.78, 5) is 14.6. The zero-order chi connectivity index (χ0) is 14.7. The standard InChI is InChI=1S/C15H16BrNO2S/c1-10(6-14-4-3-5-20-14)17(2)13-8-11(15(18)19)7-12(16)9-13/h3-5,7-10H,6H2,1-2H3,(H,18,19). The molecule has 0 aliphatic heterocycles. The number of anilines is 1. The number of halogens is 1. The predicted molar refractivity (Wildman–Crippen MR) is 87.0 cm³/mol. The molecule has 106 valence electrons. The van der Waals surface area contributed by atoms with E-state index in [2.05, 4.69) is 39.2 Å². The van der Waals surface area contributed by atoms with Crippen molar-refractivity contribution in [2.75, 3.05) is 11.9 Å². The lowest BCUT2D eigenvalue weighted by Crippen LogP contribution is -2.30. The predicted octanol–water partition coefficient (Wildman–Crippen LogP) is 4.28. The zero-order valence-electron chi connectivity index (χ0n) is 11.3. The first-order chi connectivity index (χ1) is 9.47. The van der Waals surface area contributed by atoms with Gasteiger partial charge in [-0.3, -0.25) is 0 Å². The first kappa shape index (κ1) is 15.1. The van der Waals surface area contributed by atoms with Crippen molar-refractivity contribution < 1.29 is 9.90 Å². The Morgan fingerprint density at radius 2 is 2.20 bits per heavy atom. The summed E-state index contributed by atoms with van der Waals surface area (Å²) >= 11 is 5.12. The maximum absolute atomic E-state index is 11.1. The molecule has 0 fully saturated rings. The number of hydrogen-bond donors (Lipinski definition) is 1. The number of likely N-dealkylation sites (N-methyl/N-ethyl adjacent to an activating group) is 1. The van der Waals surface area contributed by atoms with Crippen molar-refractivity contribution in [3.05, 3.63) is 50.6 Å². The fourth-order valence-electron chi connectivity index (χ4n) is 2.01. The van der Waals surface area contributed by atoms with Crippen molar-refractivity contribution in [3.8, 4) is 0 Å². The molecule has 1 aromatic carbocycles. The fraction of sp³-hybridized carbons (Fsp3) is 0.267. The van der Waals surface area contributed by atoms with Crippen LogP contribution in [0.2, 0.25) is 0 Å². The summed E-state index contributed by atoms with van der Waals surface area (Å²) in [6, 6.07) is 9.73. The summed E-state index contributed by atoms with van der Waals surface area (Å²) in [5.74, 6) is -0.910. The van der Waals surface area contributed by atoms with Crippen molar-refractivity contribution in [1.82, 2.24) is 0 Å². The van der Waals surface area contributed by atoms with E-state index in [0.717, 1.165) is 16.6 Å². The average molecular weight is 354 g/mol. The first-order valence-electron chi connectivity index (χ1n) is 6.26. The highest BCUT2D eigenvalue weighted by molar-refractivity contribution is 9.10. The van der Waals surface area contributed by atoms with Crippen LogP contribution in [-0.2, 0) is 6.42 Å². The summed E-state index contributed by atoms with van der Waals surface area (Å²) in [6.07, 6.45) is 0.948. The third-order valence-electron chi connectivity index (χ3n) is 3.27. The monoisotopic (exact) mass is 353 g/mol. The molecule has 0 aliphatic carbocycles. The summed E-state index contributed by atoms with van der Waals surface area (Å²) in [5.41, 5.74) is 1.20. The number of carboxylic acids is 1. The van der Waals surface area contributed by atoms with Crippen LogP contribution in [0.4, 0.5) is 5.69 Å². The topological polar surface area (TPSA) is 40.5 Å². The molecule has 0 bridgehead atoms. The third kappa shape index (κ3) is 3.61. The maximum atomic E-state index is 11.1. The lowest BCUT2D eigenvalue weighted by atomic mass is 10.1. The van der Waals surface area contributed by atoms with E-state index in [4.69, 9.17) is 5.11 Å². The molecule has 0 saturated heterocycles. The van der Waals surface area contributed by atoms with Gasteiger partial charge in [-0.1, -0.05) is 22.0 Å². The van der Waals surface area contributed by atoms with Gasteiger partial charge in [-0.2, -0.15) is 0 Å². The molecule has 0 aliphatic rings.